The molecule has 1 aromatic heterocycles. The number of carboxylic acids is 1. The number of carboxylic acid groups (broad SMARTS) is 1. The van der Waals surface area contributed by atoms with Gasteiger partial charge in [-0.2, -0.15) is 5.26 Å². The third-order valence-corrected chi connectivity index (χ3v) is 6.29. The third-order valence-electron chi connectivity index (χ3n) is 5.12. The standard InChI is InChI=1S/C20H28N2O3S/c1-19(2,3)12-6-7-13-14(11-21)18(26-15(13)8-12)22-16(23)9-20(4,5)10-17(24)25/h12H,6-10H2,1-5H3,(H,22,23)(H,24,25). The van der Waals surface area contributed by atoms with Gasteiger partial charge >= 0.3 is 5.97 Å². The molecule has 1 aliphatic rings. The van der Waals surface area contributed by atoms with Crippen molar-refractivity contribution in [2.24, 2.45) is 16.7 Å². The molecule has 1 unspecified atom stereocenters. The molecule has 1 heterocycles. The summed E-state index contributed by atoms with van der Waals surface area (Å²) in [4.78, 5) is 24.5. The fourth-order valence-electron chi connectivity index (χ4n) is 3.61. The average molecular weight is 377 g/mol. The predicted molar refractivity (Wildman–Crippen MR) is 103 cm³/mol. The number of amides is 1. The lowest BCUT2D eigenvalue weighted by Gasteiger charge is -2.33. The fourth-order valence-corrected chi connectivity index (χ4v) is 4.90. The van der Waals surface area contributed by atoms with Crippen LogP contribution in [0.1, 0.15) is 69.9 Å². The number of hydrogen-bond acceptors (Lipinski definition) is 4. The van der Waals surface area contributed by atoms with Gasteiger partial charge in [0.05, 0.1) is 12.0 Å². The molecule has 0 aliphatic heterocycles. The zero-order valence-corrected chi connectivity index (χ0v) is 17.0. The van der Waals surface area contributed by atoms with Crippen molar-refractivity contribution in [3.05, 3.63) is 16.0 Å². The Bertz CT molecular complexity index is 750. The van der Waals surface area contributed by atoms with Crippen molar-refractivity contribution in [2.45, 2.75) is 66.7 Å². The molecule has 1 aromatic rings. The van der Waals surface area contributed by atoms with Crippen LogP contribution in [0.2, 0.25) is 0 Å². The van der Waals surface area contributed by atoms with Gasteiger partial charge in [-0.3, -0.25) is 9.59 Å². The Morgan fingerprint density at radius 1 is 1.27 bits per heavy atom. The quantitative estimate of drug-likeness (QED) is 0.786. The highest BCUT2D eigenvalue weighted by atomic mass is 32.1. The summed E-state index contributed by atoms with van der Waals surface area (Å²) in [5.74, 6) is -0.586. The smallest absolute Gasteiger partial charge is 0.303 e. The van der Waals surface area contributed by atoms with Crippen LogP contribution in [0.5, 0.6) is 0 Å². The number of fused-ring (bicyclic) bond motifs is 1. The minimum Gasteiger partial charge on any atom is -0.481 e. The fraction of sp³-hybridized carbons (Fsp3) is 0.650. The van der Waals surface area contributed by atoms with E-state index in [2.05, 4.69) is 32.2 Å². The summed E-state index contributed by atoms with van der Waals surface area (Å²) in [5, 5.41) is 22.0. The summed E-state index contributed by atoms with van der Waals surface area (Å²) in [5.41, 5.74) is 1.26. The molecule has 0 radical (unpaired) electrons. The van der Waals surface area contributed by atoms with E-state index in [-0.39, 0.29) is 24.2 Å². The Morgan fingerprint density at radius 3 is 2.46 bits per heavy atom. The van der Waals surface area contributed by atoms with Gasteiger partial charge in [-0.25, -0.2) is 0 Å². The molecule has 2 N–H and O–H groups in total. The van der Waals surface area contributed by atoms with Crippen molar-refractivity contribution in [1.82, 2.24) is 0 Å². The molecule has 0 spiro atoms. The molecule has 1 atom stereocenters. The zero-order valence-electron chi connectivity index (χ0n) is 16.2. The van der Waals surface area contributed by atoms with E-state index in [9.17, 15) is 14.9 Å². The van der Waals surface area contributed by atoms with E-state index in [1.54, 1.807) is 13.8 Å². The number of carbonyl (C=O) groups is 2. The number of rotatable bonds is 5. The van der Waals surface area contributed by atoms with E-state index < -0.39 is 11.4 Å². The molecule has 1 amide bonds. The summed E-state index contributed by atoms with van der Waals surface area (Å²) >= 11 is 1.50. The van der Waals surface area contributed by atoms with Gasteiger partial charge in [-0.15, -0.1) is 11.3 Å². The first kappa shape index (κ1) is 20.4. The van der Waals surface area contributed by atoms with E-state index in [0.717, 1.165) is 24.8 Å². The van der Waals surface area contributed by atoms with Crippen molar-refractivity contribution in [3.63, 3.8) is 0 Å². The second kappa shape index (κ2) is 7.40. The molecule has 0 saturated heterocycles. The number of anilines is 1. The maximum Gasteiger partial charge on any atom is 0.303 e. The maximum atomic E-state index is 12.4. The Labute approximate surface area is 159 Å². The van der Waals surface area contributed by atoms with Crippen LogP contribution in [0, 0.1) is 28.1 Å². The predicted octanol–water partition coefficient (Wildman–Crippen LogP) is 4.60. The first-order valence-electron chi connectivity index (χ1n) is 8.99. The second-order valence-electron chi connectivity index (χ2n) is 9.09. The Morgan fingerprint density at radius 2 is 1.92 bits per heavy atom. The number of thiophene rings is 1. The normalized spacial score (nSPS) is 17.3. The van der Waals surface area contributed by atoms with Crippen LogP contribution >= 0.6 is 11.3 Å². The molecule has 142 valence electrons. The molecule has 5 nitrogen and oxygen atoms in total. The SMILES string of the molecule is CC(C)(CC(=O)O)CC(=O)Nc1sc2c(c1C#N)CCC(C(C)(C)C)C2. The molecular weight excluding hydrogens is 348 g/mol. The average Bonchev–Trinajstić information content (AvgIpc) is 2.79. The largest absolute Gasteiger partial charge is 0.481 e. The van der Waals surface area contributed by atoms with Crippen molar-refractivity contribution in [2.75, 3.05) is 5.32 Å². The summed E-state index contributed by atoms with van der Waals surface area (Å²) in [6.45, 7) is 10.3. The summed E-state index contributed by atoms with van der Waals surface area (Å²) in [7, 11) is 0. The number of hydrogen-bond donors (Lipinski definition) is 2. The minimum atomic E-state index is -0.916. The van der Waals surface area contributed by atoms with Crippen LogP contribution in [0.3, 0.4) is 0 Å². The molecule has 1 aliphatic carbocycles. The van der Waals surface area contributed by atoms with E-state index in [1.807, 2.05) is 0 Å². The van der Waals surface area contributed by atoms with Crippen molar-refractivity contribution in [3.8, 4) is 6.07 Å². The number of aliphatic carboxylic acids is 1. The number of nitrogens with one attached hydrogen (secondary N) is 1. The maximum absolute atomic E-state index is 12.4. The van der Waals surface area contributed by atoms with Gasteiger partial charge < -0.3 is 10.4 Å². The van der Waals surface area contributed by atoms with Gasteiger partial charge in [-0.05, 0) is 41.6 Å². The van der Waals surface area contributed by atoms with Gasteiger partial charge in [0.25, 0.3) is 0 Å². The Hall–Kier alpha value is -1.87. The van der Waals surface area contributed by atoms with Crippen LogP contribution in [-0.4, -0.2) is 17.0 Å². The summed E-state index contributed by atoms with van der Waals surface area (Å²) < 4.78 is 0. The lowest BCUT2D eigenvalue weighted by atomic mass is 9.72. The summed E-state index contributed by atoms with van der Waals surface area (Å²) in [6, 6.07) is 2.26. The third kappa shape index (κ3) is 4.85. The molecule has 0 saturated carbocycles. The topological polar surface area (TPSA) is 90.2 Å². The lowest BCUT2D eigenvalue weighted by molar-refractivity contribution is -0.139. The second-order valence-corrected chi connectivity index (χ2v) is 10.2. The van der Waals surface area contributed by atoms with E-state index in [0.29, 0.717) is 16.5 Å². The van der Waals surface area contributed by atoms with Gasteiger partial charge in [0.2, 0.25) is 5.91 Å². The van der Waals surface area contributed by atoms with E-state index in [4.69, 9.17) is 5.11 Å². The van der Waals surface area contributed by atoms with Crippen LogP contribution in [-0.2, 0) is 22.4 Å². The lowest BCUT2D eigenvalue weighted by Crippen LogP contribution is -2.26. The van der Waals surface area contributed by atoms with Crippen LogP contribution in [0.15, 0.2) is 0 Å². The van der Waals surface area contributed by atoms with Gasteiger partial charge in [0.1, 0.15) is 11.1 Å². The van der Waals surface area contributed by atoms with Crippen molar-refractivity contribution < 1.29 is 14.7 Å². The van der Waals surface area contributed by atoms with Crippen LogP contribution in [0.25, 0.3) is 0 Å². The van der Waals surface area contributed by atoms with Gasteiger partial charge in [-0.1, -0.05) is 34.6 Å². The monoisotopic (exact) mass is 376 g/mol. The number of carbonyl (C=O) groups excluding carboxylic acids is 1. The Balaban J connectivity index is 2.17. The highest BCUT2D eigenvalue weighted by Crippen LogP contribution is 2.44. The molecule has 2 rings (SSSR count). The van der Waals surface area contributed by atoms with Crippen molar-refractivity contribution >= 4 is 28.2 Å². The molecule has 0 fully saturated rings. The molecule has 0 aromatic carbocycles. The Kier molecular flexibility index (Phi) is 5.82. The van der Waals surface area contributed by atoms with Crippen molar-refractivity contribution in [1.29, 1.82) is 5.26 Å². The van der Waals surface area contributed by atoms with E-state index in [1.165, 1.54) is 16.2 Å². The first-order valence-corrected chi connectivity index (χ1v) is 9.81. The minimum absolute atomic E-state index is 0.0697. The van der Waals surface area contributed by atoms with Crippen LogP contribution < -0.4 is 5.32 Å². The highest BCUT2D eigenvalue weighted by molar-refractivity contribution is 7.16. The summed E-state index contributed by atoms with van der Waals surface area (Å²) in [6.07, 6.45) is 2.91. The van der Waals surface area contributed by atoms with Crippen LogP contribution in [0.4, 0.5) is 5.00 Å². The van der Waals surface area contributed by atoms with Gasteiger partial charge in [0.15, 0.2) is 0 Å². The first-order chi connectivity index (χ1) is 11.9. The van der Waals surface area contributed by atoms with E-state index >= 15 is 0 Å². The number of nitrogens with zero attached hydrogens (tertiary/aromatic N) is 1. The molecule has 26 heavy (non-hydrogen) atoms. The van der Waals surface area contributed by atoms with Gasteiger partial charge in [0, 0.05) is 11.3 Å². The molecule has 6 heteroatoms. The molecular formula is C20H28N2O3S. The highest BCUT2D eigenvalue weighted by Gasteiger charge is 2.33. The molecule has 0 bridgehead atoms. The zero-order chi connectivity index (χ0) is 19.7. The number of nitriles is 1.